The molecule has 0 spiro atoms. The molecule has 1 unspecified atom stereocenters. The molecule has 1 saturated heterocycles. The zero-order valence-electron chi connectivity index (χ0n) is 18.3. The summed E-state index contributed by atoms with van der Waals surface area (Å²) in [6.07, 6.45) is 3.59. The minimum absolute atomic E-state index is 0.0801. The van der Waals surface area contributed by atoms with Crippen molar-refractivity contribution in [3.8, 4) is 17.2 Å². The highest BCUT2D eigenvalue weighted by Crippen LogP contribution is 2.36. The molecule has 2 aliphatic rings. The zero-order chi connectivity index (χ0) is 23.5. The van der Waals surface area contributed by atoms with E-state index in [0.717, 1.165) is 5.69 Å². The van der Waals surface area contributed by atoms with Gasteiger partial charge in [-0.15, -0.1) is 0 Å². The normalized spacial score (nSPS) is 16.9. The first-order chi connectivity index (χ1) is 16.6. The van der Waals surface area contributed by atoms with Crippen LogP contribution in [-0.4, -0.2) is 53.8 Å². The molecule has 3 aromatic rings. The van der Waals surface area contributed by atoms with Crippen LogP contribution in [0.5, 0.6) is 11.5 Å². The van der Waals surface area contributed by atoms with E-state index in [0.29, 0.717) is 36.1 Å². The van der Waals surface area contributed by atoms with Gasteiger partial charge in [-0.2, -0.15) is 5.10 Å². The Morgan fingerprint density at radius 3 is 2.56 bits per heavy atom. The first-order valence-electron chi connectivity index (χ1n) is 10.9. The second-order valence-corrected chi connectivity index (χ2v) is 8.00. The van der Waals surface area contributed by atoms with Crippen molar-refractivity contribution < 1.29 is 23.9 Å². The van der Waals surface area contributed by atoms with Gasteiger partial charge < -0.3 is 25.0 Å². The molecule has 1 fully saturated rings. The van der Waals surface area contributed by atoms with Crippen LogP contribution in [0.2, 0.25) is 0 Å². The largest absolute Gasteiger partial charge is 0.486 e. The fourth-order valence-electron chi connectivity index (χ4n) is 3.97. The Hall–Kier alpha value is -4.34. The topological polar surface area (TPSA) is 115 Å². The molecular weight excluding hydrogens is 438 g/mol. The Kier molecular flexibility index (Phi) is 5.86. The first-order valence-corrected chi connectivity index (χ1v) is 10.9. The maximum atomic E-state index is 12.6. The van der Waals surface area contributed by atoms with Crippen molar-refractivity contribution in [2.75, 3.05) is 36.5 Å². The molecule has 10 nitrogen and oxygen atoms in total. The Morgan fingerprint density at radius 1 is 1.03 bits per heavy atom. The lowest BCUT2D eigenvalue weighted by molar-refractivity contribution is -0.127. The lowest BCUT2D eigenvalue weighted by atomic mass is 10.1. The number of anilines is 2. The summed E-state index contributed by atoms with van der Waals surface area (Å²) in [6, 6.07) is 14.3. The summed E-state index contributed by atoms with van der Waals surface area (Å²) in [5.74, 6) is -0.164. The summed E-state index contributed by atoms with van der Waals surface area (Å²) in [7, 11) is 0. The molecule has 3 heterocycles. The minimum Gasteiger partial charge on any atom is -0.486 e. The maximum absolute atomic E-state index is 12.6. The second kappa shape index (κ2) is 9.26. The van der Waals surface area contributed by atoms with E-state index in [2.05, 4.69) is 15.7 Å². The summed E-state index contributed by atoms with van der Waals surface area (Å²) in [6.45, 7) is 0.989. The Labute approximate surface area is 195 Å². The van der Waals surface area contributed by atoms with Crippen LogP contribution >= 0.6 is 0 Å². The highest BCUT2D eigenvalue weighted by molar-refractivity contribution is 6.01. The fraction of sp³-hybridized carbons (Fsp3) is 0.250. The molecule has 3 amide bonds. The third-order valence-corrected chi connectivity index (χ3v) is 5.68. The molecule has 1 aromatic heterocycles. The van der Waals surface area contributed by atoms with Crippen molar-refractivity contribution in [2.24, 2.45) is 5.92 Å². The molecule has 1 atom stereocenters. The molecule has 2 N–H and O–H groups in total. The van der Waals surface area contributed by atoms with Gasteiger partial charge in [0.05, 0.1) is 18.2 Å². The number of carbonyl (C=O) groups excluding carboxylic acids is 3. The van der Waals surface area contributed by atoms with Crippen LogP contribution < -0.4 is 25.0 Å². The molecule has 5 rings (SSSR count). The fourth-order valence-corrected chi connectivity index (χ4v) is 3.97. The maximum Gasteiger partial charge on any atom is 0.243 e. The van der Waals surface area contributed by atoms with Gasteiger partial charge in [0, 0.05) is 42.8 Å². The molecule has 10 heteroatoms. The number of rotatable bonds is 6. The third-order valence-electron chi connectivity index (χ3n) is 5.68. The SMILES string of the molecule is O=C(CNC(=O)C1CC(=O)N(c2ccc3c(c2)OCCO3)C1)Nc1ccc(-n2cccn2)cc1. The lowest BCUT2D eigenvalue weighted by Gasteiger charge is -2.22. The molecule has 34 heavy (non-hydrogen) atoms. The number of amides is 3. The molecule has 0 radical (unpaired) electrons. The van der Waals surface area contributed by atoms with E-state index >= 15 is 0 Å². The van der Waals surface area contributed by atoms with Gasteiger partial charge in [-0.05, 0) is 42.5 Å². The smallest absolute Gasteiger partial charge is 0.243 e. The van der Waals surface area contributed by atoms with E-state index < -0.39 is 5.92 Å². The van der Waals surface area contributed by atoms with E-state index in [1.54, 1.807) is 46.1 Å². The van der Waals surface area contributed by atoms with E-state index in [1.165, 1.54) is 0 Å². The first kappa shape index (κ1) is 21.5. The molecule has 2 aromatic carbocycles. The summed E-state index contributed by atoms with van der Waals surface area (Å²) < 4.78 is 12.8. The lowest BCUT2D eigenvalue weighted by Crippen LogP contribution is -2.37. The van der Waals surface area contributed by atoms with Crippen LogP contribution in [0.25, 0.3) is 5.69 Å². The van der Waals surface area contributed by atoms with Crippen LogP contribution in [0.15, 0.2) is 60.9 Å². The van der Waals surface area contributed by atoms with Gasteiger partial charge in [-0.1, -0.05) is 0 Å². The monoisotopic (exact) mass is 461 g/mol. The molecule has 174 valence electrons. The van der Waals surface area contributed by atoms with Crippen LogP contribution in [0.4, 0.5) is 11.4 Å². The Morgan fingerprint density at radius 2 is 1.79 bits per heavy atom. The van der Waals surface area contributed by atoms with Gasteiger partial charge in [0.25, 0.3) is 0 Å². The van der Waals surface area contributed by atoms with Gasteiger partial charge in [0.1, 0.15) is 13.2 Å². The van der Waals surface area contributed by atoms with Gasteiger partial charge in [-0.3, -0.25) is 14.4 Å². The summed E-state index contributed by atoms with van der Waals surface area (Å²) in [4.78, 5) is 39.0. The number of ether oxygens (including phenoxy) is 2. The van der Waals surface area contributed by atoms with Crippen LogP contribution in [0.1, 0.15) is 6.42 Å². The summed E-state index contributed by atoms with van der Waals surface area (Å²) in [5, 5.41) is 9.53. The number of nitrogens with zero attached hydrogens (tertiary/aromatic N) is 3. The van der Waals surface area contributed by atoms with Crippen molar-refractivity contribution in [1.82, 2.24) is 15.1 Å². The average molecular weight is 461 g/mol. The number of carbonyl (C=O) groups is 3. The van der Waals surface area contributed by atoms with E-state index in [-0.39, 0.29) is 37.2 Å². The number of hydrogen-bond donors (Lipinski definition) is 2. The number of aromatic nitrogens is 2. The second-order valence-electron chi connectivity index (χ2n) is 8.00. The number of fused-ring (bicyclic) bond motifs is 1. The summed E-state index contributed by atoms with van der Waals surface area (Å²) in [5.41, 5.74) is 2.13. The number of hydrogen-bond acceptors (Lipinski definition) is 6. The van der Waals surface area contributed by atoms with Crippen molar-refractivity contribution in [3.63, 3.8) is 0 Å². The third kappa shape index (κ3) is 4.56. The van der Waals surface area contributed by atoms with Gasteiger partial charge >= 0.3 is 0 Å². The molecule has 2 aliphatic heterocycles. The zero-order valence-corrected chi connectivity index (χ0v) is 18.3. The summed E-state index contributed by atoms with van der Waals surface area (Å²) >= 11 is 0. The number of nitrogens with one attached hydrogen (secondary N) is 2. The number of benzene rings is 2. The Balaban J connectivity index is 1.13. The molecule has 0 aliphatic carbocycles. The van der Waals surface area contributed by atoms with Crippen LogP contribution in [-0.2, 0) is 14.4 Å². The predicted octanol–water partition coefficient (Wildman–Crippen LogP) is 1.75. The highest BCUT2D eigenvalue weighted by atomic mass is 16.6. The Bertz CT molecular complexity index is 1210. The predicted molar refractivity (Wildman–Crippen MR) is 123 cm³/mol. The van der Waals surface area contributed by atoms with Crippen molar-refractivity contribution in [2.45, 2.75) is 6.42 Å². The van der Waals surface area contributed by atoms with Gasteiger partial charge in [0.15, 0.2) is 11.5 Å². The quantitative estimate of drug-likeness (QED) is 0.578. The molecule has 0 bridgehead atoms. The standard InChI is InChI=1S/C24H23N5O5/c30-22(27-17-2-4-18(5-3-17)29-9-1-8-26-29)14-25-24(32)16-12-23(31)28(15-16)19-6-7-20-21(13-19)34-11-10-33-20/h1-9,13,16H,10-12,14-15H2,(H,25,32)(H,27,30). The molecular formula is C24H23N5O5. The van der Waals surface area contributed by atoms with Crippen molar-refractivity contribution in [1.29, 1.82) is 0 Å². The van der Waals surface area contributed by atoms with Gasteiger partial charge in [-0.25, -0.2) is 4.68 Å². The van der Waals surface area contributed by atoms with Crippen LogP contribution in [0, 0.1) is 5.92 Å². The van der Waals surface area contributed by atoms with Crippen molar-refractivity contribution >= 4 is 29.1 Å². The van der Waals surface area contributed by atoms with E-state index in [9.17, 15) is 14.4 Å². The van der Waals surface area contributed by atoms with Crippen molar-refractivity contribution in [3.05, 3.63) is 60.9 Å². The van der Waals surface area contributed by atoms with Crippen LogP contribution in [0.3, 0.4) is 0 Å². The van der Waals surface area contributed by atoms with Gasteiger partial charge in [0.2, 0.25) is 17.7 Å². The minimum atomic E-state index is -0.540. The van der Waals surface area contributed by atoms with E-state index in [4.69, 9.17) is 9.47 Å². The highest BCUT2D eigenvalue weighted by Gasteiger charge is 2.35. The van der Waals surface area contributed by atoms with E-state index in [1.807, 2.05) is 24.4 Å². The average Bonchev–Trinajstić information content (AvgIpc) is 3.53. The molecule has 0 saturated carbocycles.